The van der Waals surface area contributed by atoms with E-state index in [4.69, 9.17) is 9.47 Å². The monoisotopic (exact) mass is 404 g/mol. The maximum absolute atomic E-state index is 12.8. The number of hydrogen-bond donors (Lipinski definition) is 3. The smallest absolute Gasteiger partial charge is 0.338 e. The van der Waals surface area contributed by atoms with E-state index in [0.717, 1.165) is 0 Å². The third-order valence-electron chi connectivity index (χ3n) is 8.14. The highest BCUT2D eigenvalue weighted by Crippen LogP contribution is 2.69. The summed E-state index contributed by atoms with van der Waals surface area (Å²) in [5.41, 5.74) is -5.65. The third kappa shape index (κ3) is 2.41. The standard InChI is InChI=1S/C22H28O7/c1-13-9-16(29-18(25)14-7-5-4-6-8-14)22(27)19(2)12-28-17(24)11-21(13,22)10-15(23)20(19,3)26/h4-8,13,15-16,23,26-27H,9-12H2,1-3H3/t13-,15+,16?,19-,20-,21-,22+/m0/s1. The number of carbonyl (C=O) groups is 2. The number of cyclic esters (lactones) is 1. The highest BCUT2D eigenvalue weighted by Gasteiger charge is 2.80. The normalized spacial score (nSPS) is 46.4. The van der Waals surface area contributed by atoms with Crippen molar-refractivity contribution in [1.82, 2.24) is 0 Å². The van der Waals surface area contributed by atoms with E-state index in [0.29, 0.717) is 12.0 Å². The van der Waals surface area contributed by atoms with Gasteiger partial charge in [0.05, 0.1) is 29.1 Å². The van der Waals surface area contributed by atoms with Gasteiger partial charge in [0.2, 0.25) is 0 Å². The molecule has 2 saturated carbocycles. The Labute approximate surface area is 169 Å². The van der Waals surface area contributed by atoms with Crippen LogP contribution in [0.15, 0.2) is 30.3 Å². The Balaban J connectivity index is 1.83. The van der Waals surface area contributed by atoms with Gasteiger partial charge in [-0.1, -0.05) is 32.0 Å². The maximum atomic E-state index is 12.8. The van der Waals surface area contributed by atoms with Crippen LogP contribution in [0.3, 0.4) is 0 Å². The van der Waals surface area contributed by atoms with Gasteiger partial charge in [0.25, 0.3) is 0 Å². The van der Waals surface area contributed by atoms with Crippen molar-refractivity contribution in [3.05, 3.63) is 35.9 Å². The molecule has 3 fully saturated rings. The number of hydrogen-bond acceptors (Lipinski definition) is 7. The molecule has 4 rings (SSSR count). The summed E-state index contributed by atoms with van der Waals surface area (Å²) in [6.45, 7) is 4.65. The third-order valence-corrected chi connectivity index (χ3v) is 8.14. The van der Waals surface area contributed by atoms with Crippen molar-refractivity contribution in [2.24, 2.45) is 16.7 Å². The summed E-state index contributed by atoms with van der Waals surface area (Å²) < 4.78 is 11.2. The molecule has 1 aromatic carbocycles. The SMILES string of the molecule is C[C@H]1CC(OC(=O)c2ccccc2)[C@]2(O)[C@@]13CC(=O)OC[C@@]2(C)[C@@](C)(O)[C@H](O)C3. The zero-order valence-corrected chi connectivity index (χ0v) is 16.9. The first-order valence-corrected chi connectivity index (χ1v) is 10.0. The van der Waals surface area contributed by atoms with Gasteiger partial charge in [0, 0.05) is 5.41 Å². The molecule has 0 amide bonds. The Morgan fingerprint density at radius 2 is 1.86 bits per heavy atom. The van der Waals surface area contributed by atoms with E-state index >= 15 is 0 Å². The first kappa shape index (κ1) is 20.3. The minimum Gasteiger partial charge on any atom is -0.465 e. The van der Waals surface area contributed by atoms with Crippen LogP contribution in [-0.2, 0) is 14.3 Å². The fourth-order valence-electron chi connectivity index (χ4n) is 6.05. The van der Waals surface area contributed by atoms with Crippen LogP contribution < -0.4 is 0 Å². The summed E-state index contributed by atoms with van der Waals surface area (Å²) in [7, 11) is 0. The quantitative estimate of drug-likeness (QED) is 0.639. The molecule has 1 aliphatic heterocycles. The van der Waals surface area contributed by atoms with Gasteiger partial charge < -0.3 is 24.8 Å². The highest BCUT2D eigenvalue weighted by molar-refractivity contribution is 5.89. The van der Waals surface area contributed by atoms with Crippen LogP contribution in [0.4, 0.5) is 0 Å². The van der Waals surface area contributed by atoms with Gasteiger partial charge >= 0.3 is 11.9 Å². The first-order chi connectivity index (χ1) is 13.5. The fraction of sp³-hybridized carbons (Fsp3) is 0.636. The van der Waals surface area contributed by atoms with Crippen LogP contribution in [-0.4, -0.2) is 57.3 Å². The van der Waals surface area contributed by atoms with Crippen molar-refractivity contribution in [1.29, 1.82) is 0 Å². The van der Waals surface area contributed by atoms with Crippen molar-refractivity contribution in [2.45, 2.75) is 63.4 Å². The largest absolute Gasteiger partial charge is 0.465 e. The molecule has 1 unspecified atom stereocenters. The van der Waals surface area contributed by atoms with Gasteiger partial charge in [-0.3, -0.25) is 4.79 Å². The van der Waals surface area contributed by atoms with E-state index in [2.05, 4.69) is 0 Å². The minimum absolute atomic E-state index is 0.0156. The molecule has 7 atom stereocenters. The summed E-state index contributed by atoms with van der Waals surface area (Å²) in [4.78, 5) is 25.2. The molecular weight excluding hydrogens is 376 g/mol. The molecule has 2 aliphatic carbocycles. The number of aliphatic hydroxyl groups excluding tert-OH is 1. The van der Waals surface area contributed by atoms with Gasteiger partial charge in [-0.25, -0.2) is 4.79 Å². The van der Waals surface area contributed by atoms with E-state index in [-0.39, 0.29) is 25.4 Å². The van der Waals surface area contributed by atoms with Crippen LogP contribution in [0.1, 0.15) is 50.4 Å². The Hall–Kier alpha value is -1.96. The lowest BCUT2D eigenvalue weighted by molar-refractivity contribution is -0.315. The molecule has 1 heterocycles. The number of carbonyl (C=O) groups excluding carboxylic acids is 2. The molecule has 1 aromatic rings. The summed E-state index contributed by atoms with van der Waals surface area (Å²) in [5, 5.41) is 34.3. The highest BCUT2D eigenvalue weighted by atomic mass is 16.6. The Bertz CT molecular complexity index is 837. The lowest BCUT2D eigenvalue weighted by Crippen LogP contribution is -2.77. The maximum Gasteiger partial charge on any atom is 0.338 e. The van der Waals surface area contributed by atoms with E-state index in [1.165, 1.54) is 6.92 Å². The van der Waals surface area contributed by atoms with Crippen LogP contribution >= 0.6 is 0 Å². The topological polar surface area (TPSA) is 113 Å². The van der Waals surface area contributed by atoms with Crippen molar-refractivity contribution >= 4 is 11.9 Å². The van der Waals surface area contributed by atoms with Crippen molar-refractivity contribution in [3.63, 3.8) is 0 Å². The van der Waals surface area contributed by atoms with Crippen LogP contribution in [0, 0.1) is 16.7 Å². The van der Waals surface area contributed by atoms with Crippen molar-refractivity contribution in [2.75, 3.05) is 6.61 Å². The van der Waals surface area contributed by atoms with E-state index in [9.17, 15) is 24.9 Å². The van der Waals surface area contributed by atoms with E-state index in [1.807, 2.05) is 6.92 Å². The Kier molecular flexibility index (Phi) is 4.39. The zero-order valence-electron chi connectivity index (χ0n) is 16.9. The van der Waals surface area contributed by atoms with Gasteiger partial charge in [-0.05, 0) is 37.8 Å². The molecule has 1 saturated heterocycles. The molecule has 158 valence electrons. The molecule has 0 radical (unpaired) electrons. The van der Waals surface area contributed by atoms with Crippen LogP contribution in [0.5, 0.6) is 0 Å². The molecule has 29 heavy (non-hydrogen) atoms. The lowest BCUT2D eigenvalue weighted by Gasteiger charge is -2.63. The number of esters is 2. The minimum atomic E-state index is -1.75. The van der Waals surface area contributed by atoms with E-state index < -0.39 is 46.2 Å². The molecule has 7 nitrogen and oxygen atoms in total. The van der Waals surface area contributed by atoms with E-state index in [1.54, 1.807) is 37.3 Å². The first-order valence-electron chi connectivity index (χ1n) is 10.0. The molecule has 7 heteroatoms. The number of benzene rings is 1. The van der Waals surface area contributed by atoms with Gasteiger partial charge in [0.15, 0.2) is 0 Å². The molecule has 3 aliphatic rings. The lowest BCUT2D eigenvalue weighted by atomic mass is 9.45. The second-order valence-electron chi connectivity index (χ2n) is 9.36. The summed E-state index contributed by atoms with van der Waals surface area (Å²) in [6.07, 6.45) is -1.88. The van der Waals surface area contributed by atoms with Crippen molar-refractivity contribution < 1.29 is 34.4 Å². The molecule has 3 N–H and O–H groups in total. The average Bonchev–Trinajstić information content (AvgIpc) is 2.83. The number of rotatable bonds is 2. The Morgan fingerprint density at radius 3 is 2.52 bits per heavy atom. The summed E-state index contributed by atoms with van der Waals surface area (Å²) in [5.74, 6) is -1.30. The number of aliphatic hydroxyl groups is 3. The second kappa shape index (κ2) is 6.27. The fourth-order valence-corrected chi connectivity index (χ4v) is 6.05. The predicted octanol–water partition coefficient (Wildman–Crippen LogP) is 1.44. The number of ether oxygens (including phenoxy) is 2. The Morgan fingerprint density at radius 1 is 1.21 bits per heavy atom. The van der Waals surface area contributed by atoms with Crippen LogP contribution in [0.2, 0.25) is 0 Å². The summed E-state index contributed by atoms with van der Waals surface area (Å²) >= 11 is 0. The van der Waals surface area contributed by atoms with Gasteiger partial charge in [0.1, 0.15) is 18.3 Å². The zero-order chi connectivity index (χ0) is 21.2. The molecule has 2 bridgehead atoms. The molecular formula is C22H28O7. The molecule has 0 spiro atoms. The summed E-state index contributed by atoms with van der Waals surface area (Å²) in [6, 6.07) is 8.49. The van der Waals surface area contributed by atoms with Crippen molar-refractivity contribution in [3.8, 4) is 0 Å². The van der Waals surface area contributed by atoms with Gasteiger partial charge in [-0.15, -0.1) is 0 Å². The molecule has 0 aromatic heterocycles. The predicted molar refractivity (Wildman–Crippen MR) is 102 cm³/mol. The average molecular weight is 404 g/mol. The van der Waals surface area contributed by atoms with Crippen LogP contribution in [0.25, 0.3) is 0 Å². The van der Waals surface area contributed by atoms with Gasteiger partial charge in [-0.2, -0.15) is 0 Å². The second-order valence-corrected chi connectivity index (χ2v) is 9.36.